The highest BCUT2D eigenvalue weighted by molar-refractivity contribution is 6.29. The number of aryl methyl sites for hydroxylation is 2. The van der Waals surface area contributed by atoms with Gasteiger partial charge in [-0.2, -0.15) is 0 Å². The number of pyridine rings is 1. The smallest absolute Gasteiger partial charge is 0.131 e. The van der Waals surface area contributed by atoms with E-state index in [1.165, 1.54) is 0 Å². The number of halogens is 1. The fourth-order valence-corrected chi connectivity index (χ4v) is 1.72. The van der Waals surface area contributed by atoms with Crippen LogP contribution in [-0.2, 0) is 6.42 Å². The van der Waals surface area contributed by atoms with Crippen LogP contribution < -0.4 is 0 Å². The molecule has 3 nitrogen and oxygen atoms in total. The summed E-state index contributed by atoms with van der Waals surface area (Å²) in [5, 5.41) is 0.506. The first-order chi connectivity index (χ1) is 7.22. The average molecular weight is 222 g/mol. The predicted octanol–water partition coefficient (Wildman–Crippen LogP) is 2.79. The van der Waals surface area contributed by atoms with E-state index in [-0.39, 0.29) is 0 Å². The molecule has 2 aromatic rings. The van der Waals surface area contributed by atoms with E-state index in [9.17, 15) is 0 Å². The maximum Gasteiger partial charge on any atom is 0.131 e. The third kappa shape index (κ3) is 1.88. The Kier molecular flexibility index (Phi) is 2.73. The summed E-state index contributed by atoms with van der Waals surface area (Å²) < 4.78 is 2.04. The van der Waals surface area contributed by atoms with Crippen molar-refractivity contribution in [2.45, 2.75) is 20.3 Å². The second-order valence-corrected chi connectivity index (χ2v) is 3.75. The van der Waals surface area contributed by atoms with Crippen molar-refractivity contribution in [1.82, 2.24) is 14.5 Å². The minimum Gasteiger partial charge on any atom is -0.303 e. The molecule has 0 saturated carbocycles. The van der Waals surface area contributed by atoms with Crippen LogP contribution >= 0.6 is 11.6 Å². The van der Waals surface area contributed by atoms with Crippen LogP contribution in [0.15, 0.2) is 24.7 Å². The lowest BCUT2D eigenvalue weighted by Crippen LogP contribution is -2.01. The van der Waals surface area contributed by atoms with Crippen LogP contribution in [0.3, 0.4) is 0 Å². The van der Waals surface area contributed by atoms with Gasteiger partial charge in [0, 0.05) is 25.0 Å². The number of aromatic nitrogens is 3. The van der Waals surface area contributed by atoms with Gasteiger partial charge in [-0.3, -0.25) is 0 Å². The van der Waals surface area contributed by atoms with Crippen LogP contribution in [0.4, 0.5) is 0 Å². The van der Waals surface area contributed by atoms with Crippen LogP contribution in [0.5, 0.6) is 0 Å². The quantitative estimate of drug-likeness (QED) is 0.731. The predicted molar refractivity (Wildman–Crippen MR) is 60.5 cm³/mol. The van der Waals surface area contributed by atoms with Crippen LogP contribution in [0, 0.1) is 6.92 Å². The second kappa shape index (κ2) is 4.03. The van der Waals surface area contributed by atoms with Gasteiger partial charge >= 0.3 is 0 Å². The summed E-state index contributed by atoms with van der Waals surface area (Å²) in [6.45, 7) is 4.09. The summed E-state index contributed by atoms with van der Waals surface area (Å²) in [6.07, 6.45) is 6.41. The van der Waals surface area contributed by atoms with E-state index in [0.29, 0.717) is 5.15 Å². The zero-order valence-corrected chi connectivity index (χ0v) is 9.49. The zero-order valence-electron chi connectivity index (χ0n) is 8.74. The number of hydrogen-bond acceptors (Lipinski definition) is 2. The molecule has 2 aromatic heterocycles. The van der Waals surface area contributed by atoms with Crippen LogP contribution in [0.2, 0.25) is 5.15 Å². The van der Waals surface area contributed by atoms with Crippen LogP contribution in [0.25, 0.3) is 5.69 Å². The van der Waals surface area contributed by atoms with Crippen molar-refractivity contribution in [3.63, 3.8) is 0 Å². The van der Waals surface area contributed by atoms with Gasteiger partial charge in [0.25, 0.3) is 0 Å². The first-order valence-electron chi connectivity index (χ1n) is 4.87. The first-order valence-corrected chi connectivity index (χ1v) is 5.25. The molecule has 0 fully saturated rings. The molecule has 0 atom stereocenters. The van der Waals surface area contributed by atoms with Crippen LogP contribution in [-0.4, -0.2) is 14.5 Å². The summed E-state index contributed by atoms with van der Waals surface area (Å²) in [7, 11) is 0. The Morgan fingerprint density at radius 2 is 2.20 bits per heavy atom. The van der Waals surface area contributed by atoms with E-state index >= 15 is 0 Å². The summed E-state index contributed by atoms with van der Waals surface area (Å²) in [4.78, 5) is 8.32. The van der Waals surface area contributed by atoms with Crippen LogP contribution in [0.1, 0.15) is 18.3 Å². The van der Waals surface area contributed by atoms with Gasteiger partial charge in [0.2, 0.25) is 0 Å². The number of imidazole rings is 1. The molecule has 4 heteroatoms. The molecule has 0 saturated heterocycles. The average Bonchev–Trinajstić information content (AvgIpc) is 2.69. The molecule has 0 bridgehead atoms. The van der Waals surface area contributed by atoms with Crippen molar-refractivity contribution in [2.24, 2.45) is 0 Å². The van der Waals surface area contributed by atoms with Gasteiger partial charge in [0.05, 0.1) is 5.69 Å². The summed E-state index contributed by atoms with van der Waals surface area (Å²) in [5.74, 6) is 1.03. The standard InChI is InChI=1S/C11H12ClN3/c1-3-11-13-4-5-15(11)9-6-10(12)14-7-8(9)2/h4-7H,3H2,1-2H3. The lowest BCUT2D eigenvalue weighted by Gasteiger charge is -2.09. The summed E-state index contributed by atoms with van der Waals surface area (Å²) >= 11 is 5.88. The molecular formula is C11H12ClN3. The highest BCUT2D eigenvalue weighted by Gasteiger charge is 2.06. The Bertz CT molecular complexity index is 476. The molecule has 78 valence electrons. The van der Waals surface area contributed by atoms with E-state index in [4.69, 9.17) is 11.6 Å². The maximum absolute atomic E-state index is 5.88. The minimum atomic E-state index is 0.506. The lowest BCUT2D eigenvalue weighted by atomic mass is 10.2. The van der Waals surface area contributed by atoms with Gasteiger partial charge in [-0.05, 0) is 18.6 Å². The van der Waals surface area contributed by atoms with Gasteiger partial charge in [-0.15, -0.1) is 0 Å². The third-order valence-corrected chi connectivity index (χ3v) is 2.54. The van der Waals surface area contributed by atoms with Gasteiger partial charge in [0.1, 0.15) is 11.0 Å². The van der Waals surface area contributed by atoms with Crippen molar-refractivity contribution in [1.29, 1.82) is 0 Å². The molecule has 0 radical (unpaired) electrons. The SMILES string of the molecule is CCc1nccn1-c1cc(Cl)ncc1C. The number of rotatable bonds is 2. The van der Waals surface area contributed by atoms with Gasteiger partial charge in [-0.1, -0.05) is 18.5 Å². The normalized spacial score (nSPS) is 10.6. The molecule has 0 aliphatic heterocycles. The highest BCUT2D eigenvalue weighted by Crippen LogP contribution is 2.18. The van der Waals surface area contributed by atoms with Gasteiger partial charge < -0.3 is 4.57 Å². The maximum atomic E-state index is 5.88. The van der Waals surface area contributed by atoms with Gasteiger partial charge in [-0.25, -0.2) is 9.97 Å². The summed E-state index contributed by atoms with van der Waals surface area (Å²) in [6, 6.07) is 1.86. The van der Waals surface area contributed by atoms with Gasteiger partial charge in [0.15, 0.2) is 0 Å². The molecule has 2 heterocycles. The molecule has 0 aliphatic rings. The first kappa shape index (κ1) is 10.2. The van der Waals surface area contributed by atoms with E-state index in [0.717, 1.165) is 23.5 Å². The number of hydrogen-bond donors (Lipinski definition) is 0. The lowest BCUT2D eigenvalue weighted by molar-refractivity contribution is 0.883. The van der Waals surface area contributed by atoms with E-state index in [1.807, 2.05) is 23.8 Å². The molecule has 0 unspecified atom stereocenters. The monoisotopic (exact) mass is 221 g/mol. The Morgan fingerprint density at radius 1 is 1.40 bits per heavy atom. The Balaban J connectivity index is 2.58. The molecule has 0 spiro atoms. The molecule has 2 rings (SSSR count). The van der Waals surface area contributed by atoms with Crippen molar-refractivity contribution in [2.75, 3.05) is 0 Å². The molecule has 0 aromatic carbocycles. The third-order valence-electron chi connectivity index (χ3n) is 2.33. The molecule has 0 N–H and O–H groups in total. The van der Waals surface area contributed by atoms with Crippen molar-refractivity contribution < 1.29 is 0 Å². The van der Waals surface area contributed by atoms with Crippen molar-refractivity contribution in [3.05, 3.63) is 41.2 Å². The topological polar surface area (TPSA) is 30.7 Å². The van der Waals surface area contributed by atoms with E-state index in [2.05, 4.69) is 16.9 Å². The molecular weight excluding hydrogens is 210 g/mol. The van der Waals surface area contributed by atoms with E-state index < -0.39 is 0 Å². The molecule has 15 heavy (non-hydrogen) atoms. The Labute approximate surface area is 93.7 Å². The largest absolute Gasteiger partial charge is 0.303 e. The zero-order chi connectivity index (χ0) is 10.8. The fraction of sp³-hybridized carbons (Fsp3) is 0.273. The van der Waals surface area contributed by atoms with Crippen molar-refractivity contribution >= 4 is 11.6 Å². The Morgan fingerprint density at radius 3 is 2.93 bits per heavy atom. The van der Waals surface area contributed by atoms with E-state index in [1.54, 1.807) is 12.4 Å². The number of nitrogens with zero attached hydrogens (tertiary/aromatic N) is 3. The Hall–Kier alpha value is -1.35. The summed E-state index contributed by atoms with van der Waals surface area (Å²) in [5.41, 5.74) is 2.14. The molecule has 0 amide bonds. The minimum absolute atomic E-state index is 0.506. The highest BCUT2D eigenvalue weighted by atomic mass is 35.5. The van der Waals surface area contributed by atoms with Crippen molar-refractivity contribution in [3.8, 4) is 5.69 Å². The fourth-order valence-electron chi connectivity index (χ4n) is 1.56. The second-order valence-electron chi connectivity index (χ2n) is 3.36. The molecule has 0 aliphatic carbocycles.